The van der Waals surface area contributed by atoms with Gasteiger partial charge in [-0.05, 0) is 68.1 Å². The number of unbranched alkanes of at least 4 members (excludes halogenated alkanes) is 1. The van der Waals surface area contributed by atoms with E-state index < -0.39 is 17.5 Å². The molecule has 0 spiro atoms. The molecule has 1 fully saturated rings. The van der Waals surface area contributed by atoms with Crippen LogP contribution >= 0.6 is 0 Å². The van der Waals surface area contributed by atoms with Crippen molar-refractivity contribution in [2.24, 2.45) is 5.92 Å². The number of rotatable bonds is 5. The van der Waals surface area contributed by atoms with Gasteiger partial charge in [-0.25, -0.2) is 13.2 Å². The minimum Gasteiger partial charge on any atom is -0.204 e. The molecule has 0 nitrogen and oxygen atoms in total. The summed E-state index contributed by atoms with van der Waals surface area (Å²) in [4.78, 5) is 0. The fraction of sp³-hybridized carbons (Fsp3) is 0.529. The topological polar surface area (TPSA) is 0 Å². The van der Waals surface area contributed by atoms with Crippen LogP contribution in [0.1, 0.15) is 56.4 Å². The van der Waals surface area contributed by atoms with Crippen molar-refractivity contribution in [2.45, 2.75) is 50.9 Å². The van der Waals surface area contributed by atoms with E-state index in [0.717, 1.165) is 44.2 Å². The van der Waals surface area contributed by atoms with E-state index in [-0.39, 0.29) is 5.92 Å². The summed E-state index contributed by atoms with van der Waals surface area (Å²) in [6.45, 7) is 3.72. The summed E-state index contributed by atoms with van der Waals surface area (Å²) in [7, 11) is 0. The molecule has 1 saturated carbocycles. The van der Waals surface area contributed by atoms with Gasteiger partial charge < -0.3 is 0 Å². The second-order valence-corrected chi connectivity index (χ2v) is 5.74. The average Bonchev–Trinajstić information content (AvgIpc) is 2.45. The Bertz CT molecular complexity index is 436. The maximum Gasteiger partial charge on any atom is 0.194 e. The number of hydrogen-bond acceptors (Lipinski definition) is 0. The average molecular weight is 282 g/mol. The van der Waals surface area contributed by atoms with Gasteiger partial charge in [-0.2, -0.15) is 0 Å². The molecule has 0 N–H and O–H groups in total. The zero-order chi connectivity index (χ0) is 14.5. The monoisotopic (exact) mass is 282 g/mol. The van der Waals surface area contributed by atoms with Crippen LogP contribution in [0.3, 0.4) is 0 Å². The van der Waals surface area contributed by atoms with Gasteiger partial charge in [0, 0.05) is 0 Å². The molecular formula is C17H21F3. The van der Waals surface area contributed by atoms with Crippen molar-refractivity contribution in [1.82, 2.24) is 0 Å². The molecule has 0 unspecified atom stereocenters. The highest BCUT2D eigenvalue weighted by Crippen LogP contribution is 2.38. The summed E-state index contributed by atoms with van der Waals surface area (Å²) in [6.07, 6.45) is 9.39. The summed E-state index contributed by atoms with van der Waals surface area (Å²) in [5, 5.41) is 0. The lowest BCUT2D eigenvalue weighted by molar-refractivity contribution is 0.304. The zero-order valence-corrected chi connectivity index (χ0v) is 11.7. The third-order valence-electron chi connectivity index (χ3n) is 4.34. The van der Waals surface area contributed by atoms with E-state index in [0.29, 0.717) is 11.5 Å². The van der Waals surface area contributed by atoms with Crippen molar-refractivity contribution in [3.63, 3.8) is 0 Å². The lowest BCUT2D eigenvalue weighted by atomic mass is 9.77. The Morgan fingerprint density at radius 3 is 2.20 bits per heavy atom. The molecular weight excluding hydrogens is 261 g/mol. The minimum absolute atomic E-state index is 0.162. The highest BCUT2D eigenvalue weighted by atomic mass is 19.2. The van der Waals surface area contributed by atoms with E-state index in [1.54, 1.807) is 0 Å². The third kappa shape index (κ3) is 3.65. The van der Waals surface area contributed by atoms with E-state index in [1.165, 1.54) is 12.8 Å². The smallest absolute Gasteiger partial charge is 0.194 e. The predicted molar refractivity (Wildman–Crippen MR) is 75.1 cm³/mol. The first-order chi connectivity index (χ1) is 9.61. The molecule has 1 aromatic carbocycles. The van der Waals surface area contributed by atoms with Gasteiger partial charge in [0.25, 0.3) is 0 Å². The van der Waals surface area contributed by atoms with Crippen LogP contribution in [-0.4, -0.2) is 0 Å². The van der Waals surface area contributed by atoms with Gasteiger partial charge in [0.15, 0.2) is 17.5 Å². The molecule has 2 rings (SSSR count). The molecule has 0 saturated heterocycles. The molecule has 0 aromatic heterocycles. The van der Waals surface area contributed by atoms with Crippen LogP contribution in [0.25, 0.3) is 0 Å². The van der Waals surface area contributed by atoms with Gasteiger partial charge >= 0.3 is 0 Å². The van der Waals surface area contributed by atoms with Crippen LogP contribution in [0.5, 0.6) is 0 Å². The first kappa shape index (κ1) is 15.1. The summed E-state index contributed by atoms with van der Waals surface area (Å²) in [6, 6.07) is 2.31. The summed E-state index contributed by atoms with van der Waals surface area (Å²) < 4.78 is 39.5. The van der Waals surface area contributed by atoms with Gasteiger partial charge in [-0.1, -0.05) is 12.5 Å². The van der Waals surface area contributed by atoms with E-state index in [2.05, 4.69) is 6.58 Å². The molecule has 20 heavy (non-hydrogen) atoms. The van der Waals surface area contributed by atoms with Crippen LogP contribution in [0, 0.1) is 23.4 Å². The van der Waals surface area contributed by atoms with E-state index in [9.17, 15) is 13.2 Å². The number of halogens is 3. The van der Waals surface area contributed by atoms with Crippen LogP contribution in [-0.2, 0) is 0 Å². The van der Waals surface area contributed by atoms with E-state index in [4.69, 9.17) is 0 Å². The van der Waals surface area contributed by atoms with E-state index >= 15 is 0 Å². The Hall–Kier alpha value is -1.25. The number of allylic oxidation sites excluding steroid dienone is 1. The minimum atomic E-state index is -1.37. The fourth-order valence-electron chi connectivity index (χ4n) is 3.15. The first-order valence-electron chi connectivity index (χ1n) is 7.37. The standard InChI is InChI=1S/C17H21F3/c1-2-3-4-5-12-6-8-13(9-7-12)14-10-15(18)17(20)16(19)11-14/h2,10-13H,1,3-9H2. The van der Waals surface area contributed by atoms with Gasteiger partial charge in [0.05, 0.1) is 0 Å². The quantitative estimate of drug-likeness (QED) is 0.367. The normalized spacial score (nSPS) is 22.8. The number of benzene rings is 1. The Morgan fingerprint density at radius 1 is 1.05 bits per heavy atom. The van der Waals surface area contributed by atoms with Gasteiger partial charge in [-0.3, -0.25) is 0 Å². The first-order valence-corrected chi connectivity index (χ1v) is 7.37. The molecule has 0 amide bonds. The molecule has 3 heteroatoms. The predicted octanol–water partition coefficient (Wildman–Crippen LogP) is 5.73. The zero-order valence-electron chi connectivity index (χ0n) is 11.7. The molecule has 1 aliphatic rings. The summed E-state index contributed by atoms with van der Waals surface area (Å²) >= 11 is 0. The van der Waals surface area contributed by atoms with Gasteiger partial charge in [0.1, 0.15) is 0 Å². The van der Waals surface area contributed by atoms with Crippen molar-refractivity contribution in [1.29, 1.82) is 0 Å². The van der Waals surface area contributed by atoms with E-state index in [1.807, 2.05) is 6.08 Å². The maximum atomic E-state index is 13.3. The second kappa shape index (κ2) is 6.96. The second-order valence-electron chi connectivity index (χ2n) is 5.74. The molecule has 0 heterocycles. The Kier molecular flexibility index (Phi) is 5.27. The lowest BCUT2D eigenvalue weighted by Crippen LogP contribution is -2.14. The Labute approximate surface area is 118 Å². The van der Waals surface area contributed by atoms with Crippen molar-refractivity contribution < 1.29 is 13.2 Å². The molecule has 110 valence electrons. The molecule has 0 radical (unpaired) electrons. The largest absolute Gasteiger partial charge is 0.204 e. The van der Waals surface area contributed by atoms with Gasteiger partial charge in [-0.15, -0.1) is 6.58 Å². The van der Waals surface area contributed by atoms with Gasteiger partial charge in [0.2, 0.25) is 0 Å². The molecule has 0 aliphatic heterocycles. The van der Waals surface area contributed by atoms with Crippen molar-refractivity contribution >= 4 is 0 Å². The molecule has 0 atom stereocenters. The van der Waals surface area contributed by atoms with Crippen LogP contribution in [0.2, 0.25) is 0 Å². The fourth-order valence-corrected chi connectivity index (χ4v) is 3.15. The third-order valence-corrected chi connectivity index (χ3v) is 4.34. The Balaban J connectivity index is 1.92. The maximum absolute atomic E-state index is 13.3. The van der Waals surface area contributed by atoms with Crippen molar-refractivity contribution in [2.75, 3.05) is 0 Å². The SMILES string of the molecule is C=CCCCC1CCC(c2cc(F)c(F)c(F)c2)CC1. The molecule has 0 bridgehead atoms. The van der Waals surface area contributed by atoms with Crippen LogP contribution in [0.4, 0.5) is 13.2 Å². The van der Waals surface area contributed by atoms with Crippen molar-refractivity contribution in [3.05, 3.63) is 47.8 Å². The highest BCUT2D eigenvalue weighted by Gasteiger charge is 2.24. The van der Waals surface area contributed by atoms with Crippen molar-refractivity contribution in [3.8, 4) is 0 Å². The summed E-state index contributed by atoms with van der Waals surface area (Å²) in [5.74, 6) is -2.65. The molecule has 1 aliphatic carbocycles. The Morgan fingerprint density at radius 2 is 1.65 bits per heavy atom. The number of hydrogen-bond donors (Lipinski definition) is 0. The van der Waals surface area contributed by atoms with Crippen LogP contribution in [0.15, 0.2) is 24.8 Å². The molecule has 1 aromatic rings. The summed E-state index contributed by atoms with van der Waals surface area (Å²) in [5.41, 5.74) is 0.603. The highest BCUT2D eigenvalue weighted by molar-refractivity contribution is 5.23. The lowest BCUT2D eigenvalue weighted by Gasteiger charge is -2.28. The van der Waals surface area contributed by atoms with Crippen LogP contribution < -0.4 is 0 Å².